The van der Waals surface area contributed by atoms with Gasteiger partial charge in [0.2, 0.25) is 0 Å². The Bertz CT molecular complexity index is 973. The summed E-state index contributed by atoms with van der Waals surface area (Å²) in [5, 5.41) is 0. The molecule has 1 atom stereocenters. The number of H-pyrrole nitrogens is 1. The number of benzene rings is 1. The molecule has 3 heterocycles. The first-order chi connectivity index (χ1) is 12.6. The molecule has 4 rings (SSSR count). The van der Waals surface area contributed by atoms with Crippen LogP contribution in [0.3, 0.4) is 0 Å². The van der Waals surface area contributed by atoms with E-state index in [4.69, 9.17) is 0 Å². The van der Waals surface area contributed by atoms with E-state index in [1.54, 1.807) is 18.7 Å². The third-order valence-corrected chi connectivity index (χ3v) is 6.03. The second kappa shape index (κ2) is 6.99. The monoisotopic (exact) mass is 369 g/mol. The Morgan fingerprint density at radius 1 is 1.15 bits per heavy atom. The van der Waals surface area contributed by atoms with Gasteiger partial charge >= 0.3 is 0 Å². The van der Waals surface area contributed by atoms with E-state index in [9.17, 15) is 8.42 Å². The Balaban J connectivity index is 1.65. The first-order valence-electron chi connectivity index (χ1n) is 8.37. The number of aromatic nitrogens is 3. The van der Waals surface area contributed by atoms with Gasteiger partial charge in [0.05, 0.1) is 18.1 Å². The fraction of sp³-hybridized carbons (Fsp3) is 0.222. The van der Waals surface area contributed by atoms with Gasteiger partial charge in [-0.3, -0.25) is 4.98 Å². The van der Waals surface area contributed by atoms with E-state index in [1.165, 1.54) is 4.31 Å². The van der Waals surface area contributed by atoms with Crippen molar-refractivity contribution in [2.45, 2.75) is 19.0 Å². The second-order valence-electron chi connectivity index (χ2n) is 6.12. The van der Waals surface area contributed by atoms with Crippen molar-refractivity contribution in [2.75, 3.05) is 6.54 Å². The molecular formula is C18H19N5O2S. The van der Waals surface area contributed by atoms with Gasteiger partial charge in [-0.15, -0.1) is 0 Å². The molecule has 0 saturated carbocycles. The number of nitrogens with one attached hydrogen (secondary N) is 2. The van der Waals surface area contributed by atoms with Gasteiger partial charge in [0.1, 0.15) is 0 Å². The maximum Gasteiger partial charge on any atom is 0.280 e. The SMILES string of the molecule is O=S(=O)(NCc1ccccc1)N1CCc2[nH]cnc2[C@H]1c1ccncc1. The van der Waals surface area contributed by atoms with Gasteiger partial charge in [-0.2, -0.15) is 17.4 Å². The Kier molecular flexibility index (Phi) is 4.54. The molecule has 0 radical (unpaired) electrons. The smallest absolute Gasteiger partial charge is 0.280 e. The maximum atomic E-state index is 13.0. The number of pyridine rings is 1. The molecule has 2 N–H and O–H groups in total. The van der Waals surface area contributed by atoms with Crippen LogP contribution in [-0.2, 0) is 23.2 Å². The maximum absolute atomic E-state index is 13.0. The number of hydrogen-bond acceptors (Lipinski definition) is 4. The Morgan fingerprint density at radius 3 is 2.69 bits per heavy atom. The molecule has 0 spiro atoms. The van der Waals surface area contributed by atoms with E-state index in [0.29, 0.717) is 13.0 Å². The fourth-order valence-electron chi connectivity index (χ4n) is 3.24. The zero-order chi connectivity index (χ0) is 18.0. The standard InChI is InChI=1S/C18H19N5O2S/c24-26(25,22-12-14-4-2-1-3-5-14)23-11-8-16-17(21-13-20-16)18(23)15-6-9-19-10-7-15/h1-7,9-10,13,18,22H,8,11-12H2,(H,20,21)/t18-/m1/s1. The molecule has 0 unspecified atom stereocenters. The molecule has 8 heteroatoms. The molecule has 7 nitrogen and oxygen atoms in total. The van der Waals surface area contributed by atoms with Crippen LogP contribution in [0, 0.1) is 0 Å². The third-order valence-electron chi connectivity index (χ3n) is 4.51. The van der Waals surface area contributed by atoms with Crippen molar-refractivity contribution in [3.63, 3.8) is 0 Å². The largest absolute Gasteiger partial charge is 0.348 e. The van der Waals surface area contributed by atoms with Crippen LogP contribution in [0.15, 0.2) is 61.2 Å². The van der Waals surface area contributed by atoms with Crippen LogP contribution in [0.2, 0.25) is 0 Å². The molecule has 0 aliphatic carbocycles. The summed E-state index contributed by atoms with van der Waals surface area (Å²) in [5.74, 6) is 0. The lowest BCUT2D eigenvalue weighted by Gasteiger charge is -2.34. The predicted molar refractivity (Wildman–Crippen MR) is 97.3 cm³/mol. The van der Waals surface area contributed by atoms with Crippen molar-refractivity contribution in [1.82, 2.24) is 24.0 Å². The topological polar surface area (TPSA) is 91.0 Å². The van der Waals surface area contributed by atoms with Crippen LogP contribution in [0.4, 0.5) is 0 Å². The number of fused-ring (bicyclic) bond motifs is 1. The van der Waals surface area contributed by atoms with Gasteiger partial charge in [0, 0.05) is 37.6 Å². The molecule has 3 aromatic rings. The number of aromatic amines is 1. The molecule has 0 amide bonds. The minimum Gasteiger partial charge on any atom is -0.348 e. The average molecular weight is 369 g/mol. The van der Waals surface area contributed by atoms with Crippen molar-refractivity contribution >= 4 is 10.2 Å². The summed E-state index contributed by atoms with van der Waals surface area (Å²) in [7, 11) is -3.69. The van der Waals surface area contributed by atoms with E-state index >= 15 is 0 Å². The van der Waals surface area contributed by atoms with Crippen LogP contribution in [0.25, 0.3) is 0 Å². The Labute approximate surface area is 152 Å². The molecule has 26 heavy (non-hydrogen) atoms. The molecule has 0 fully saturated rings. The lowest BCUT2D eigenvalue weighted by molar-refractivity contribution is 0.332. The highest BCUT2D eigenvalue weighted by Crippen LogP contribution is 2.34. The fourth-order valence-corrected chi connectivity index (χ4v) is 4.58. The van der Waals surface area contributed by atoms with Gasteiger partial charge in [0.25, 0.3) is 10.2 Å². The van der Waals surface area contributed by atoms with Gasteiger partial charge in [0.15, 0.2) is 0 Å². The number of hydrogen-bond donors (Lipinski definition) is 2. The highest BCUT2D eigenvalue weighted by Gasteiger charge is 2.38. The minimum atomic E-state index is -3.69. The quantitative estimate of drug-likeness (QED) is 0.717. The van der Waals surface area contributed by atoms with Crippen LogP contribution in [0.5, 0.6) is 0 Å². The zero-order valence-electron chi connectivity index (χ0n) is 14.0. The Hall–Kier alpha value is -2.55. The number of nitrogens with zero attached hydrogens (tertiary/aromatic N) is 3. The van der Waals surface area contributed by atoms with Crippen molar-refractivity contribution in [3.05, 3.63) is 83.7 Å². The molecule has 1 aromatic carbocycles. The summed E-state index contributed by atoms with van der Waals surface area (Å²) in [6, 6.07) is 12.7. The van der Waals surface area contributed by atoms with E-state index in [2.05, 4.69) is 19.7 Å². The van der Waals surface area contributed by atoms with Crippen LogP contribution < -0.4 is 4.72 Å². The summed E-state index contributed by atoms with van der Waals surface area (Å²) in [6.45, 7) is 0.627. The second-order valence-corrected chi connectivity index (χ2v) is 7.83. The molecule has 1 aliphatic heterocycles. The highest BCUT2D eigenvalue weighted by molar-refractivity contribution is 7.87. The van der Waals surface area contributed by atoms with E-state index < -0.39 is 16.3 Å². The highest BCUT2D eigenvalue weighted by atomic mass is 32.2. The molecule has 134 valence electrons. The Morgan fingerprint density at radius 2 is 1.92 bits per heavy atom. The minimum absolute atomic E-state index is 0.246. The van der Waals surface area contributed by atoms with Gasteiger partial charge in [-0.05, 0) is 23.3 Å². The third kappa shape index (κ3) is 3.26. The van der Waals surface area contributed by atoms with Crippen molar-refractivity contribution < 1.29 is 8.42 Å². The summed E-state index contributed by atoms with van der Waals surface area (Å²) in [4.78, 5) is 11.5. The first-order valence-corrected chi connectivity index (χ1v) is 9.81. The zero-order valence-corrected chi connectivity index (χ0v) is 14.9. The van der Waals surface area contributed by atoms with E-state index in [-0.39, 0.29) is 6.54 Å². The predicted octanol–water partition coefficient (Wildman–Crippen LogP) is 1.79. The molecule has 1 aliphatic rings. The van der Waals surface area contributed by atoms with Crippen LogP contribution in [0.1, 0.15) is 28.6 Å². The van der Waals surface area contributed by atoms with E-state index in [0.717, 1.165) is 22.5 Å². The van der Waals surface area contributed by atoms with Gasteiger partial charge in [-0.1, -0.05) is 30.3 Å². The molecular weight excluding hydrogens is 350 g/mol. The number of rotatable bonds is 5. The normalized spacial score (nSPS) is 17.8. The van der Waals surface area contributed by atoms with Crippen molar-refractivity contribution in [3.8, 4) is 0 Å². The number of imidazole rings is 1. The van der Waals surface area contributed by atoms with Crippen LogP contribution >= 0.6 is 0 Å². The van der Waals surface area contributed by atoms with Crippen LogP contribution in [-0.4, -0.2) is 34.2 Å². The molecule has 0 saturated heterocycles. The lowest BCUT2D eigenvalue weighted by Crippen LogP contribution is -2.46. The van der Waals surface area contributed by atoms with E-state index in [1.807, 2.05) is 42.5 Å². The summed E-state index contributed by atoms with van der Waals surface area (Å²) in [6.07, 6.45) is 5.55. The van der Waals surface area contributed by atoms with Gasteiger partial charge < -0.3 is 4.98 Å². The first kappa shape index (κ1) is 16.9. The molecule has 0 bridgehead atoms. The van der Waals surface area contributed by atoms with Crippen molar-refractivity contribution in [1.29, 1.82) is 0 Å². The van der Waals surface area contributed by atoms with Gasteiger partial charge in [-0.25, -0.2) is 4.98 Å². The summed E-state index contributed by atoms with van der Waals surface area (Å²) >= 11 is 0. The average Bonchev–Trinajstić information content (AvgIpc) is 3.16. The summed E-state index contributed by atoms with van der Waals surface area (Å²) < 4.78 is 30.3. The molecule has 2 aromatic heterocycles. The lowest BCUT2D eigenvalue weighted by atomic mass is 9.99. The summed E-state index contributed by atoms with van der Waals surface area (Å²) in [5.41, 5.74) is 3.47. The van der Waals surface area contributed by atoms with Crippen molar-refractivity contribution in [2.24, 2.45) is 0 Å².